The number of nitrogens with zero attached hydrogens (tertiary/aromatic N) is 3. The van der Waals surface area contributed by atoms with Crippen molar-refractivity contribution in [2.24, 2.45) is 5.73 Å². The van der Waals surface area contributed by atoms with Crippen LogP contribution in [0.1, 0.15) is 18.3 Å². The minimum absolute atomic E-state index is 0.693. The first kappa shape index (κ1) is 12.3. The van der Waals surface area contributed by atoms with Gasteiger partial charge in [-0.15, -0.1) is 10.2 Å². The Labute approximate surface area is 119 Å². The van der Waals surface area contributed by atoms with Gasteiger partial charge in [0.25, 0.3) is 0 Å². The number of pyridine rings is 1. The molecule has 5 heteroatoms. The van der Waals surface area contributed by atoms with E-state index in [0.717, 1.165) is 21.5 Å². The number of aromatic nitrogens is 3. The van der Waals surface area contributed by atoms with Gasteiger partial charge in [0.05, 0.1) is 5.54 Å². The monoisotopic (exact) mass is 316 g/mol. The van der Waals surface area contributed by atoms with Crippen molar-refractivity contribution in [3.05, 3.63) is 64.5 Å². The zero-order valence-corrected chi connectivity index (χ0v) is 12.0. The van der Waals surface area contributed by atoms with Crippen molar-refractivity contribution in [2.45, 2.75) is 12.5 Å². The highest BCUT2D eigenvalue weighted by Gasteiger charge is 2.29. The van der Waals surface area contributed by atoms with E-state index in [9.17, 15) is 0 Å². The molecular weight excluding hydrogens is 304 g/mol. The van der Waals surface area contributed by atoms with Crippen molar-refractivity contribution >= 4 is 21.6 Å². The summed E-state index contributed by atoms with van der Waals surface area (Å²) < 4.78 is 2.88. The third kappa shape index (κ3) is 2.05. The van der Waals surface area contributed by atoms with Gasteiger partial charge in [0, 0.05) is 10.7 Å². The van der Waals surface area contributed by atoms with E-state index in [4.69, 9.17) is 5.73 Å². The molecule has 3 aromatic rings. The van der Waals surface area contributed by atoms with Crippen LogP contribution in [0.25, 0.3) is 5.65 Å². The summed E-state index contributed by atoms with van der Waals surface area (Å²) in [6.45, 7) is 1.94. The fourth-order valence-corrected chi connectivity index (χ4v) is 2.47. The molecule has 0 aliphatic rings. The molecule has 2 N–H and O–H groups in total. The number of benzene rings is 1. The number of hydrogen-bond acceptors (Lipinski definition) is 3. The molecule has 96 valence electrons. The molecule has 0 spiro atoms. The molecule has 0 bridgehead atoms. The lowest BCUT2D eigenvalue weighted by molar-refractivity contribution is 0.551. The van der Waals surface area contributed by atoms with Crippen LogP contribution >= 0.6 is 15.9 Å². The Hall–Kier alpha value is -1.72. The average molecular weight is 317 g/mol. The molecule has 3 rings (SSSR count). The first-order chi connectivity index (χ1) is 9.09. The number of rotatable bonds is 2. The van der Waals surface area contributed by atoms with Gasteiger partial charge in [0.2, 0.25) is 0 Å². The minimum atomic E-state index is -0.693. The maximum atomic E-state index is 6.48. The van der Waals surface area contributed by atoms with Crippen molar-refractivity contribution in [3.63, 3.8) is 0 Å². The Morgan fingerprint density at radius 3 is 2.58 bits per heavy atom. The molecular formula is C14H13BrN4. The quantitative estimate of drug-likeness (QED) is 0.791. The van der Waals surface area contributed by atoms with E-state index in [1.54, 1.807) is 0 Å². The number of fused-ring (bicyclic) bond motifs is 1. The molecule has 2 heterocycles. The lowest BCUT2D eigenvalue weighted by Gasteiger charge is -2.23. The van der Waals surface area contributed by atoms with E-state index in [2.05, 4.69) is 26.1 Å². The normalized spacial score (nSPS) is 14.5. The van der Waals surface area contributed by atoms with Gasteiger partial charge in [-0.25, -0.2) is 0 Å². The second-order valence-electron chi connectivity index (χ2n) is 4.67. The zero-order chi connectivity index (χ0) is 13.5. The van der Waals surface area contributed by atoms with Crippen LogP contribution in [0.5, 0.6) is 0 Å². The van der Waals surface area contributed by atoms with Gasteiger partial charge in [-0.05, 0) is 40.5 Å². The maximum absolute atomic E-state index is 6.48. The number of nitrogens with two attached hydrogens (primary N) is 1. The summed E-state index contributed by atoms with van der Waals surface area (Å²) in [6, 6.07) is 13.8. The first-order valence-electron chi connectivity index (χ1n) is 5.94. The summed E-state index contributed by atoms with van der Waals surface area (Å²) >= 11 is 3.46. The highest BCUT2D eigenvalue weighted by Crippen LogP contribution is 2.26. The SMILES string of the molecule is CC(N)(c1ccccc1)c1nnc2ccc(Br)cn12. The standard InChI is InChI=1S/C14H13BrN4/c1-14(16,10-5-3-2-4-6-10)13-18-17-12-8-7-11(15)9-19(12)13/h2-9H,16H2,1H3. The summed E-state index contributed by atoms with van der Waals surface area (Å²) in [5, 5.41) is 8.42. The van der Waals surface area contributed by atoms with Crippen LogP contribution in [0.2, 0.25) is 0 Å². The van der Waals surface area contributed by atoms with E-state index >= 15 is 0 Å². The molecule has 1 aromatic carbocycles. The summed E-state index contributed by atoms with van der Waals surface area (Å²) in [7, 11) is 0. The molecule has 0 amide bonds. The molecule has 0 saturated carbocycles. The van der Waals surface area contributed by atoms with Gasteiger partial charge in [-0.2, -0.15) is 0 Å². The highest BCUT2D eigenvalue weighted by molar-refractivity contribution is 9.10. The molecule has 19 heavy (non-hydrogen) atoms. The van der Waals surface area contributed by atoms with Crippen LogP contribution in [0.3, 0.4) is 0 Å². The van der Waals surface area contributed by atoms with Crippen molar-refractivity contribution in [2.75, 3.05) is 0 Å². The Kier molecular flexibility index (Phi) is 2.88. The van der Waals surface area contributed by atoms with E-state index in [-0.39, 0.29) is 0 Å². The lowest BCUT2D eigenvalue weighted by atomic mass is 9.92. The Morgan fingerprint density at radius 2 is 1.84 bits per heavy atom. The Balaban J connectivity index is 2.21. The van der Waals surface area contributed by atoms with Crippen molar-refractivity contribution < 1.29 is 0 Å². The zero-order valence-electron chi connectivity index (χ0n) is 10.4. The second-order valence-corrected chi connectivity index (χ2v) is 5.58. The molecule has 0 aliphatic heterocycles. The van der Waals surface area contributed by atoms with Crippen molar-refractivity contribution in [3.8, 4) is 0 Å². The van der Waals surface area contributed by atoms with Gasteiger partial charge >= 0.3 is 0 Å². The molecule has 0 aliphatic carbocycles. The largest absolute Gasteiger partial charge is 0.315 e. The predicted octanol–water partition coefficient (Wildman–Crippen LogP) is 2.71. The minimum Gasteiger partial charge on any atom is -0.315 e. The van der Waals surface area contributed by atoms with Crippen LogP contribution in [-0.2, 0) is 5.54 Å². The summed E-state index contributed by atoms with van der Waals surface area (Å²) in [5.41, 5.74) is 7.58. The highest BCUT2D eigenvalue weighted by atomic mass is 79.9. The van der Waals surface area contributed by atoms with Gasteiger partial charge in [0.15, 0.2) is 11.5 Å². The van der Waals surface area contributed by atoms with Crippen LogP contribution in [-0.4, -0.2) is 14.6 Å². The van der Waals surface area contributed by atoms with Gasteiger partial charge in [0.1, 0.15) is 0 Å². The predicted molar refractivity (Wildman–Crippen MR) is 77.8 cm³/mol. The summed E-state index contributed by atoms with van der Waals surface area (Å²) in [6.07, 6.45) is 1.93. The van der Waals surface area contributed by atoms with E-state index in [1.165, 1.54) is 0 Å². The third-order valence-corrected chi connectivity index (χ3v) is 3.67. The van der Waals surface area contributed by atoms with E-state index < -0.39 is 5.54 Å². The molecule has 0 fully saturated rings. The fourth-order valence-electron chi connectivity index (χ4n) is 2.13. The van der Waals surface area contributed by atoms with Crippen molar-refractivity contribution in [1.29, 1.82) is 0 Å². The average Bonchev–Trinajstić information content (AvgIpc) is 2.83. The lowest BCUT2D eigenvalue weighted by Crippen LogP contribution is -2.36. The number of halogens is 1. The van der Waals surface area contributed by atoms with Gasteiger partial charge in [-0.3, -0.25) is 4.40 Å². The van der Waals surface area contributed by atoms with E-state index in [0.29, 0.717) is 0 Å². The molecule has 0 saturated heterocycles. The van der Waals surface area contributed by atoms with Crippen LogP contribution in [0.4, 0.5) is 0 Å². The first-order valence-corrected chi connectivity index (χ1v) is 6.73. The summed E-state index contributed by atoms with van der Waals surface area (Å²) in [5.74, 6) is 0.718. The van der Waals surface area contributed by atoms with Crippen LogP contribution in [0.15, 0.2) is 53.1 Å². The fraction of sp³-hybridized carbons (Fsp3) is 0.143. The molecule has 0 radical (unpaired) electrons. The smallest absolute Gasteiger partial charge is 0.161 e. The Morgan fingerprint density at radius 1 is 1.11 bits per heavy atom. The third-order valence-electron chi connectivity index (χ3n) is 3.20. The van der Waals surface area contributed by atoms with Crippen LogP contribution in [0, 0.1) is 0 Å². The number of hydrogen-bond donors (Lipinski definition) is 1. The Bertz CT molecular complexity index is 719. The van der Waals surface area contributed by atoms with E-state index in [1.807, 2.05) is 60.0 Å². The summed E-state index contributed by atoms with van der Waals surface area (Å²) in [4.78, 5) is 0. The van der Waals surface area contributed by atoms with Gasteiger partial charge in [-0.1, -0.05) is 30.3 Å². The molecule has 1 unspecified atom stereocenters. The second kappa shape index (κ2) is 4.43. The van der Waals surface area contributed by atoms with Gasteiger partial charge < -0.3 is 5.73 Å². The van der Waals surface area contributed by atoms with Crippen molar-refractivity contribution in [1.82, 2.24) is 14.6 Å². The molecule has 4 nitrogen and oxygen atoms in total. The maximum Gasteiger partial charge on any atom is 0.161 e. The molecule has 2 aromatic heterocycles. The molecule has 1 atom stereocenters. The topological polar surface area (TPSA) is 56.2 Å². The van der Waals surface area contributed by atoms with Crippen LogP contribution < -0.4 is 5.73 Å².